The van der Waals surface area contributed by atoms with Crippen molar-refractivity contribution in [1.82, 2.24) is 10.3 Å². The maximum absolute atomic E-state index is 12.0. The summed E-state index contributed by atoms with van der Waals surface area (Å²) in [7, 11) is 0. The number of amides is 1. The minimum Gasteiger partial charge on any atom is -0.351 e. The number of nitrogens with one attached hydrogen (secondary N) is 1. The Morgan fingerprint density at radius 3 is 3.11 bits per heavy atom. The number of carbonyl (C=O) groups is 1. The molecule has 0 radical (unpaired) electrons. The molecule has 0 aromatic carbocycles. The van der Waals surface area contributed by atoms with Crippen molar-refractivity contribution in [3.63, 3.8) is 0 Å². The number of nitrogens with zero attached hydrogens (tertiary/aromatic N) is 1. The highest BCUT2D eigenvalue weighted by atomic mass is 32.2. The predicted octanol–water partition coefficient (Wildman–Crippen LogP) is 2.43. The first-order valence-corrected chi connectivity index (χ1v) is 8.65. The van der Waals surface area contributed by atoms with Gasteiger partial charge in [0.1, 0.15) is 5.69 Å². The van der Waals surface area contributed by atoms with E-state index in [1.54, 1.807) is 18.0 Å². The molecule has 1 aromatic rings. The summed E-state index contributed by atoms with van der Waals surface area (Å²) in [6.07, 6.45) is 4.80. The van der Waals surface area contributed by atoms with Crippen LogP contribution in [0, 0.1) is 5.92 Å². The number of carbonyl (C=O) groups excluding carboxylic acids is 1. The molecule has 1 amide bonds. The van der Waals surface area contributed by atoms with Gasteiger partial charge < -0.3 is 5.32 Å². The normalized spacial score (nSPS) is 15.2. The van der Waals surface area contributed by atoms with Crippen molar-refractivity contribution in [3.05, 3.63) is 29.6 Å². The molecule has 5 heteroatoms. The molecule has 1 saturated heterocycles. The Labute approximate surface area is 117 Å². The molecule has 1 N–H and O–H groups in total. The van der Waals surface area contributed by atoms with E-state index < -0.39 is 0 Å². The average Bonchev–Trinajstić information content (AvgIpc) is 2.33. The maximum Gasteiger partial charge on any atom is 0.270 e. The number of thioether (sulfide) groups is 2. The van der Waals surface area contributed by atoms with Crippen LogP contribution in [0.4, 0.5) is 0 Å². The van der Waals surface area contributed by atoms with Crippen LogP contribution in [0.3, 0.4) is 0 Å². The molecule has 0 unspecified atom stereocenters. The van der Waals surface area contributed by atoms with Gasteiger partial charge in [-0.1, -0.05) is 6.07 Å². The molecule has 18 heavy (non-hydrogen) atoms. The van der Waals surface area contributed by atoms with Crippen molar-refractivity contribution in [3.8, 4) is 0 Å². The molecule has 2 rings (SSSR count). The average molecular weight is 282 g/mol. The van der Waals surface area contributed by atoms with Crippen molar-refractivity contribution in [1.29, 1.82) is 0 Å². The summed E-state index contributed by atoms with van der Waals surface area (Å²) in [4.78, 5) is 16.2. The third-order valence-electron chi connectivity index (χ3n) is 2.95. The van der Waals surface area contributed by atoms with E-state index in [9.17, 15) is 4.79 Å². The van der Waals surface area contributed by atoms with Crippen LogP contribution in [0.15, 0.2) is 18.3 Å². The Bertz CT molecular complexity index is 408. The highest BCUT2D eigenvalue weighted by Crippen LogP contribution is 2.26. The van der Waals surface area contributed by atoms with Crippen LogP contribution in [-0.4, -0.2) is 35.2 Å². The molecule has 0 atom stereocenters. The summed E-state index contributed by atoms with van der Waals surface area (Å²) >= 11 is 3.69. The second-order valence-corrected chi connectivity index (χ2v) is 6.33. The van der Waals surface area contributed by atoms with Crippen LogP contribution in [0.2, 0.25) is 0 Å². The van der Waals surface area contributed by atoms with Crippen molar-refractivity contribution >= 4 is 29.4 Å². The van der Waals surface area contributed by atoms with Gasteiger partial charge in [-0.3, -0.25) is 9.78 Å². The van der Waals surface area contributed by atoms with Crippen molar-refractivity contribution in [2.45, 2.75) is 12.2 Å². The van der Waals surface area contributed by atoms with Crippen molar-refractivity contribution < 1.29 is 4.79 Å². The Hall–Kier alpha value is -0.680. The highest BCUT2D eigenvalue weighted by Gasteiger charge is 2.18. The number of hydrogen-bond acceptors (Lipinski definition) is 4. The first-order valence-electron chi connectivity index (χ1n) is 6.10. The predicted molar refractivity (Wildman–Crippen MR) is 79.2 cm³/mol. The van der Waals surface area contributed by atoms with E-state index in [0.29, 0.717) is 5.69 Å². The lowest BCUT2D eigenvalue weighted by Crippen LogP contribution is -2.30. The Morgan fingerprint density at radius 2 is 2.44 bits per heavy atom. The largest absolute Gasteiger partial charge is 0.351 e. The van der Waals surface area contributed by atoms with Gasteiger partial charge in [-0.15, -0.1) is 0 Å². The molecule has 0 saturated carbocycles. The van der Waals surface area contributed by atoms with Crippen molar-refractivity contribution in [2.24, 2.45) is 5.92 Å². The molecule has 2 heterocycles. The van der Waals surface area contributed by atoms with Gasteiger partial charge in [0.25, 0.3) is 5.91 Å². The van der Waals surface area contributed by atoms with Gasteiger partial charge in [0.05, 0.1) is 0 Å². The van der Waals surface area contributed by atoms with E-state index in [-0.39, 0.29) is 5.91 Å². The standard InChI is InChI=1S/C13H18N2OS2/c1-17-9-11-3-2-5-14-12(11)13(16)15-6-4-10-7-18-8-10/h2-3,5,10H,4,6-9H2,1H3,(H,15,16). The van der Waals surface area contributed by atoms with Crippen LogP contribution in [0.5, 0.6) is 0 Å². The van der Waals surface area contributed by atoms with E-state index in [2.05, 4.69) is 10.3 Å². The summed E-state index contributed by atoms with van der Waals surface area (Å²) in [6, 6.07) is 3.86. The van der Waals surface area contributed by atoms with Gasteiger partial charge in [-0.25, -0.2) is 0 Å². The highest BCUT2D eigenvalue weighted by molar-refractivity contribution is 8.00. The lowest BCUT2D eigenvalue weighted by molar-refractivity contribution is 0.0946. The van der Waals surface area contributed by atoms with Gasteiger partial charge in [0.15, 0.2) is 0 Å². The number of rotatable bonds is 6. The summed E-state index contributed by atoms with van der Waals surface area (Å²) < 4.78 is 0. The van der Waals surface area contributed by atoms with Crippen LogP contribution >= 0.6 is 23.5 Å². The van der Waals surface area contributed by atoms with E-state index >= 15 is 0 Å². The third-order valence-corrected chi connectivity index (χ3v) is 4.97. The summed E-state index contributed by atoms with van der Waals surface area (Å²) in [5.41, 5.74) is 1.59. The van der Waals surface area contributed by atoms with E-state index in [1.165, 1.54) is 11.5 Å². The van der Waals surface area contributed by atoms with Gasteiger partial charge in [0.2, 0.25) is 0 Å². The lowest BCUT2D eigenvalue weighted by atomic mass is 10.1. The molecule has 98 valence electrons. The van der Waals surface area contributed by atoms with Gasteiger partial charge in [0, 0.05) is 18.5 Å². The van der Waals surface area contributed by atoms with Gasteiger partial charge >= 0.3 is 0 Å². The number of pyridine rings is 1. The van der Waals surface area contributed by atoms with Crippen LogP contribution in [0.25, 0.3) is 0 Å². The monoisotopic (exact) mass is 282 g/mol. The Balaban J connectivity index is 1.86. The first kappa shape index (κ1) is 13.7. The van der Waals surface area contributed by atoms with E-state index in [0.717, 1.165) is 30.2 Å². The van der Waals surface area contributed by atoms with Gasteiger partial charge in [-0.05, 0) is 41.7 Å². The summed E-state index contributed by atoms with van der Waals surface area (Å²) in [5, 5.41) is 2.98. The van der Waals surface area contributed by atoms with Crippen LogP contribution in [0.1, 0.15) is 22.5 Å². The number of aromatic nitrogens is 1. The smallest absolute Gasteiger partial charge is 0.270 e. The number of hydrogen-bond donors (Lipinski definition) is 1. The first-order chi connectivity index (χ1) is 8.81. The molecule has 0 spiro atoms. The second kappa shape index (κ2) is 7.04. The SMILES string of the molecule is CSCc1cccnc1C(=O)NCCC1CSC1. The quantitative estimate of drug-likeness (QED) is 0.870. The van der Waals surface area contributed by atoms with Crippen LogP contribution in [-0.2, 0) is 5.75 Å². The zero-order valence-corrected chi connectivity index (χ0v) is 12.1. The van der Waals surface area contributed by atoms with Crippen molar-refractivity contribution in [2.75, 3.05) is 24.3 Å². The molecule has 0 aliphatic carbocycles. The fourth-order valence-electron chi connectivity index (χ4n) is 1.84. The molecular formula is C13H18N2OS2. The second-order valence-electron chi connectivity index (χ2n) is 4.39. The molecule has 1 aliphatic heterocycles. The molecule has 3 nitrogen and oxygen atoms in total. The van der Waals surface area contributed by atoms with Crippen LogP contribution < -0.4 is 5.32 Å². The Morgan fingerprint density at radius 1 is 1.61 bits per heavy atom. The third kappa shape index (κ3) is 3.65. The zero-order valence-electron chi connectivity index (χ0n) is 10.5. The lowest BCUT2D eigenvalue weighted by Gasteiger charge is -2.24. The van der Waals surface area contributed by atoms with E-state index in [4.69, 9.17) is 0 Å². The summed E-state index contributed by atoms with van der Waals surface area (Å²) in [5.74, 6) is 4.08. The maximum atomic E-state index is 12.0. The fourth-order valence-corrected chi connectivity index (χ4v) is 3.29. The van der Waals surface area contributed by atoms with Gasteiger partial charge in [-0.2, -0.15) is 23.5 Å². The molecule has 1 fully saturated rings. The molecule has 0 bridgehead atoms. The topological polar surface area (TPSA) is 42.0 Å². The molecule has 1 aromatic heterocycles. The minimum atomic E-state index is -0.0355. The van der Waals surface area contributed by atoms with E-state index in [1.807, 2.05) is 30.2 Å². The Kier molecular flexibility index (Phi) is 5.38. The molecule has 1 aliphatic rings. The zero-order chi connectivity index (χ0) is 12.8. The minimum absolute atomic E-state index is 0.0355. The fraction of sp³-hybridized carbons (Fsp3) is 0.538. The summed E-state index contributed by atoms with van der Waals surface area (Å²) in [6.45, 7) is 0.763. The molecular weight excluding hydrogens is 264 g/mol.